The number of aliphatic hydroxyl groups is 1. The quantitative estimate of drug-likeness (QED) is 0.154. The van der Waals surface area contributed by atoms with Gasteiger partial charge in [0.2, 0.25) is 0 Å². The number of thioether (sulfide) groups is 1. The summed E-state index contributed by atoms with van der Waals surface area (Å²) in [6.07, 6.45) is 3.21. The second-order valence-corrected chi connectivity index (χ2v) is 11.3. The maximum Gasteiger partial charge on any atom is 0.323 e. The number of aliphatic hydroxyl groups excluding tert-OH is 1. The number of aromatic nitrogens is 2. The second-order valence-electron chi connectivity index (χ2n) is 10.3. The van der Waals surface area contributed by atoms with Gasteiger partial charge in [-0.2, -0.15) is 0 Å². The third-order valence-corrected chi connectivity index (χ3v) is 8.11. The van der Waals surface area contributed by atoms with Gasteiger partial charge in [0.15, 0.2) is 5.17 Å². The van der Waals surface area contributed by atoms with Gasteiger partial charge in [-0.15, -0.1) is 0 Å². The molecule has 5 rings (SSSR count). The number of amides is 1. The van der Waals surface area contributed by atoms with Gasteiger partial charge in [0.05, 0.1) is 30.0 Å². The fourth-order valence-electron chi connectivity index (χ4n) is 4.96. The van der Waals surface area contributed by atoms with Crippen LogP contribution in [0.25, 0.3) is 17.1 Å². The van der Waals surface area contributed by atoms with Crippen LogP contribution in [0.2, 0.25) is 0 Å². The Balaban J connectivity index is 1.04. The van der Waals surface area contributed by atoms with Crippen LogP contribution in [0, 0.1) is 0 Å². The third kappa shape index (κ3) is 8.27. The molecule has 5 N–H and O–H groups in total. The highest BCUT2D eigenvalue weighted by atomic mass is 32.2. The number of hydrogen-bond donors (Lipinski definition) is 5. The number of H-pyrrole nitrogens is 2. The highest BCUT2D eigenvalue weighted by Crippen LogP contribution is 2.27. The van der Waals surface area contributed by atoms with E-state index in [1.165, 1.54) is 11.8 Å². The molecule has 3 aromatic rings. The maximum absolute atomic E-state index is 12.4. The normalized spacial score (nSPS) is 18.4. The molecule has 1 amide bonds. The number of aromatic amines is 2. The van der Waals surface area contributed by atoms with Gasteiger partial charge in [-0.05, 0) is 67.4 Å². The maximum atomic E-state index is 12.4. The first-order chi connectivity index (χ1) is 20.9. The minimum Gasteiger partial charge on any atom is -0.489 e. The van der Waals surface area contributed by atoms with Crippen molar-refractivity contribution in [2.45, 2.75) is 38.3 Å². The van der Waals surface area contributed by atoms with Crippen LogP contribution < -0.4 is 26.0 Å². The van der Waals surface area contributed by atoms with E-state index in [9.17, 15) is 19.5 Å². The van der Waals surface area contributed by atoms with E-state index in [1.807, 2.05) is 18.2 Å². The third-order valence-electron chi connectivity index (χ3n) is 7.16. The van der Waals surface area contributed by atoms with E-state index in [0.717, 1.165) is 37.2 Å². The Kier molecular flexibility index (Phi) is 10.2. The average molecular weight is 609 g/mol. The lowest BCUT2D eigenvalue weighted by Gasteiger charge is -2.34. The van der Waals surface area contributed by atoms with Crippen molar-refractivity contribution >= 4 is 51.6 Å². The first-order valence-corrected chi connectivity index (χ1v) is 15.2. The van der Waals surface area contributed by atoms with Gasteiger partial charge in [-0.1, -0.05) is 18.2 Å². The van der Waals surface area contributed by atoms with Crippen LogP contribution >= 0.6 is 11.8 Å². The molecule has 12 nitrogen and oxygen atoms in total. The van der Waals surface area contributed by atoms with E-state index in [1.54, 1.807) is 25.1 Å². The average Bonchev–Trinajstić information content (AvgIpc) is 3.56. The summed E-state index contributed by atoms with van der Waals surface area (Å²) < 4.78 is 10.7. The topological polar surface area (TPSA) is 161 Å². The van der Waals surface area contributed by atoms with E-state index in [-0.39, 0.29) is 37.1 Å². The van der Waals surface area contributed by atoms with Crippen molar-refractivity contribution in [3.8, 4) is 5.75 Å². The van der Waals surface area contributed by atoms with Gasteiger partial charge in [0.25, 0.3) is 5.91 Å². The molecular weight excluding hydrogens is 572 g/mol. The Bertz CT molecular complexity index is 1540. The summed E-state index contributed by atoms with van der Waals surface area (Å²) in [6.45, 7) is 4.66. The number of rotatable bonds is 12. The summed E-state index contributed by atoms with van der Waals surface area (Å²) in [5.41, 5.74) is 3.00. The molecule has 0 bridgehead atoms. The number of carbonyl (C=O) groups is 2. The molecule has 2 aliphatic heterocycles. The number of nitrogens with one attached hydrogen (secondary N) is 4. The summed E-state index contributed by atoms with van der Waals surface area (Å²) in [5.74, 6) is 0.0161. The first kappa shape index (κ1) is 30.4. The first-order valence-electron chi connectivity index (χ1n) is 14.4. The van der Waals surface area contributed by atoms with Crippen molar-refractivity contribution in [1.29, 1.82) is 0 Å². The Labute approximate surface area is 252 Å². The summed E-state index contributed by atoms with van der Waals surface area (Å²) in [7, 11) is 0. The fourth-order valence-corrected chi connectivity index (χ4v) is 5.80. The zero-order chi connectivity index (χ0) is 30.2. The van der Waals surface area contributed by atoms with Crippen molar-refractivity contribution in [2.75, 3.05) is 44.3 Å². The predicted octanol–water partition coefficient (Wildman–Crippen LogP) is 2.37. The summed E-state index contributed by atoms with van der Waals surface area (Å²) in [4.78, 5) is 48.0. The van der Waals surface area contributed by atoms with Crippen LogP contribution in [0.1, 0.15) is 31.7 Å². The molecule has 43 heavy (non-hydrogen) atoms. The molecule has 1 aromatic heterocycles. The van der Waals surface area contributed by atoms with E-state index in [4.69, 9.17) is 9.47 Å². The number of para-hydroxylation sites is 1. The van der Waals surface area contributed by atoms with Crippen LogP contribution in [0.4, 0.5) is 5.69 Å². The molecule has 2 fully saturated rings. The Morgan fingerprint density at radius 2 is 1.98 bits per heavy atom. The number of nitrogens with zero attached hydrogens (tertiary/aromatic N) is 2. The number of hydrogen-bond acceptors (Lipinski definition) is 10. The number of anilines is 1. The van der Waals surface area contributed by atoms with Gasteiger partial charge >= 0.3 is 11.7 Å². The molecule has 2 saturated heterocycles. The SMILES string of the molecule is CCOC(=O)CCN=C1NC(=O)/C(=C/c2ccc(N3CCC(NC[C@H](O)COc4cccc5[nH]c(=O)[nH]c45)CC3)cc2)S1. The minimum absolute atomic E-state index is 0.116. The Hall–Kier alpha value is -4.07. The summed E-state index contributed by atoms with van der Waals surface area (Å²) in [5, 5.41) is 17.1. The van der Waals surface area contributed by atoms with E-state index >= 15 is 0 Å². The lowest BCUT2D eigenvalue weighted by Crippen LogP contribution is -2.45. The van der Waals surface area contributed by atoms with Crippen molar-refractivity contribution in [3.05, 3.63) is 63.4 Å². The van der Waals surface area contributed by atoms with E-state index in [0.29, 0.717) is 46.0 Å². The number of carbonyl (C=O) groups excluding carboxylic acids is 2. The van der Waals surface area contributed by atoms with Gasteiger partial charge in [0.1, 0.15) is 24.0 Å². The van der Waals surface area contributed by atoms with Crippen molar-refractivity contribution in [1.82, 2.24) is 20.6 Å². The number of fused-ring (bicyclic) bond motifs is 1. The fraction of sp³-hybridized carbons (Fsp3) is 0.400. The van der Waals surface area contributed by atoms with Crippen molar-refractivity contribution in [3.63, 3.8) is 0 Å². The Morgan fingerprint density at radius 1 is 1.19 bits per heavy atom. The molecule has 2 aromatic carbocycles. The molecule has 0 radical (unpaired) electrons. The number of amidine groups is 1. The number of esters is 1. The summed E-state index contributed by atoms with van der Waals surface area (Å²) >= 11 is 1.26. The monoisotopic (exact) mass is 608 g/mol. The molecule has 0 spiro atoms. The molecule has 13 heteroatoms. The van der Waals surface area contributed by atoms with Crippen LogP contribution in [0.5, 0.6) is 5.75 Å². The van der Waals surface area contributed by atoms with Crippen LogP contribution in [-0.2, 0) is 14.3 Å². The number of piperidine rings is 1. The number of aliphatic imine (C=N–C) groups is 1. The number of imidazole rings is 1. The van der Waals surface area contributed by atoms with Crippen LogP contribution in [-0.4, -0.2) is 83.7 Å². The molecular formula is C30H36N6O6S. The lowest BCUT2D eigenvalue weighted by atomic mass is 10.0. The van der Waals surface area contributed by atoms with Gasteiger partial charge in [-0.25, -0.2) is 4.79 Å². The zero-order valence-electron chi connectivity index (χ0n) is 23.9. The summed E-state index contributed by atoms with van der Waals surface area (Å²) in [6, 6.07) is 13.8. The smallest absolute Gasteiger partial charge is 0.323 e. The molecule has 0 unspecified atom stereocenters. The highest BCUT2D eigenvalue weighted by Gasteiger charge is 2.24. The van der Waals surface area contributed by atoms with Crippen LogP contribution in [0.3, 0.4) is 0 Å². The lowest BCUT2D eigenvalue weighted by molar-refractivity contribution is -0.142. The van der Waals surface area contributed by atoms with E-state index in [2.05, 4.69) is 42.6 Å². The zero-order valence-corrected chi connectivity index (χ0v) is 24.7. The van der Waals surface area contributed by atoms with Crippen molar-refractivity contribution < 1.29 is 24.2 Å². The van der Waals surface area contributed by atoms with E-state index < -0.39 is 6.10 Å². The predicted molar refractivity (Wildman–Crippen MR) is 167 cm³/mol. The Morgan fingerprint density at radius 3 is 2.74 bits per heavy atom. The van der Waals surface area contributed by atoms with Gasteiger partial charge in [0, 0.05) is 31.4 Å². The standard InChI is InChI=1S/C30H36N6O6S/c1-2-41-26(38)10-13-31-30-35-28(39)25(43-30)16-19-6-8-21(9-7-19)36-14-11-20(12-15-36)32-17-22(37)18-42-24-5-3-4-23-27(24)34-29(40)33-23/h3-9,16,20,22,32,37H,2,10-15,17-18H2,1H3,(H,31,35,39)(H2,33,34,40)/b25-16-/t22-/m0/s1. The minimum atomic E-state index is -0.687. The van der Waals surface area contributed by atoms with Gasteiger partial charge < -0.3 is 40.1 Å². The molecule has 228 valence electrons. The molecule has 0 aliphatic carbocycles. The number of ether oxygens (including phenoxy) is 2. The number of benzene rings is 2. The second kappa shape index (κ2) is 14.4. The molecule has 1 atom stereocenters. The molecule has 3 heterocycles. The van der Waals surface area contributed by atoms with Gasteiger partial charge in [-0.3, -0.25) is 14.6 Å². The van der Waals surface area contributed by atoms with Crippen molar-refractivity contribution in [2.24, 2.45) is 4.99 Å². The highest BCUT2D eigenvalue weighted by molar-refractivity contribution is 8.18. The molecule has 2 aliphatic rings. The largest absolute Gasteiger partial charge is 0.489 e. The molecule has 0 saturated carbocycles. The van der Waals surface area contributed by atoms with Crippen LogP contribution in [0.15, 0.2) is 57.2 Å².